The van der Waals surface area contributed by atoms with Gasteiger partial charge >= 0.3 is 0 Å². The molecule has 4 rings (SSSR count). The summed E-state index contributed by atoms with van der Waals surface area (Å²) in [5, 5.41) is 8.73. The highest BCUT2D eigenvalue weighted by molar-refractivity contribution is 6.24. The van der Waals surface area contributed by atoms with Gasteiger partial charge in [0.2, 0.25) is 5.95 Å². The number of hydroxylamine groups is 1. The predicted molar refractivity (Wildman–Crippen MR) is 134 cm³/mol. The molecular formula is C26H26FN5O5. The molecule has 37 heavy (non-hydrogen) atoms. The molecule has 10 nitrogen and oxygen atoms in total. The van der Waals surface area contributed by atoms with E-state index in [1.54, 1.807) is 47.4 Å². The van der Waals surface area contributed by atoms with Crippen LogP contribution in [0, 0.1) is 5.82 Å². The van der Waals surface area contributed by atoms with Crippen molar-refractivity contribution in [3.8, 4) is 11.5 Å². The summed E-state index contributed by atoms with van der Waals surface area (Å²) in [5.41, 5.74) is 2.73. The standard InChI is InChI=1S/C26H26FN5O5/c1-36-22-8-7-17(14-23(22)37-2)13-20(19-5-3-4-6-21(19)27)25(34)31-9-11-32(12-10-31)26-28-15-18(16-29-26)24(33)30-35/h3-8,13-16,35H,9-12H2,1-2H3,(H,30,33). The number of halogens is 1. The molecule has 2 N–H and O–H groups in total. The van der Waals surface area contributed by atoms with Crippen LogP contribution >= 0.6 is 0 Å². The highest BCUT2D eigenvalue weighted by Gasteiger charge is 2.27. The van der Waals surface area contributed by atoms with E-state index in [1.165, 1.54) is 38.2 Å². The van der Waals surface area contributed by atoms with E-state index < -0.39 is 11.7 Å². The van der Waals surface area contributed by atoms with Crippen LogP contribution in [0.1, 0.15) is 21.5 Å². The molecular weight excluding hydrogens is 481 g/mol. The average Bonchev–Trinajstić information content (AvgIpc) is 2.95. The number of hydrogen-bond donors (Lipinski definition) is 2. The summed E-state index contributed by atoms with van der Waals surface area (Å²) >= 11 is 0. The maximum absolute atomic E-state index is 14.8. The number of nitrogens with zero attached hydrogens (tertiary/aromatic N) is 4. The van der Waals surface area contributed by atoms with Crippen molar-refractivity contribution in [2.24, 2.45) is 0 Å². The normalized spacial score (nSPS) is 13.8. The Kier molecular flexibility index (Phi) is 7.94. The molecule has 0 aliphatic carbocycles. The number of carbonyl (C=O) groups is 2. The fourth-order valence-corrected chi connectivity index (χ4v) is 3.99. The molecule has 2 amide bonds. The van der Waals surface area contributed by atoms with Crippen LogP contribution in [0.5, 0.6) is 11.5 Å². The van der Waals surface area contributed by atoms with Gasteiger partial charge in [0.25, 0.3) is 11.8 Å². The van der Waals surface area contributed by atoms with Crippen LogP contribution in [0.4, 0.5) is 10.3 Å². The van der Waals surface area contributed by atoms with Crippen LogP contribution in [0.25, 0.3) is 11.6 Å². The Bertz CT molecular complexity index is 1310. The molecule has 2 heterocycles. The molecule has 2 aromatic carbocycles. The number of rotatable bonds is 7. The Morgan fingerprint density at radius 1 is 1.00 bits per heavy atom. The number of hydrogen-bond acceptors (Lipinski definition) is 8. The van der Waals surface area contributed by atoms with Gasteiger partial charge in [-0.3, -0.25) is 14.8 Å². The minimum Gasteiger partial charge on any atom is -0.493 e. The molecule has 1 fully saturated rings. The smallest absolute Gasteiger partial charge is 0.277 e. The van der Waals surface area contributed by atoms with E-state index in [0.29, 0.717) is 49.2 Å². The first kappa shape index (κ1) is 25.6. The monoisotopic (exact) mass is 507 g/mol. The molecule has 0 saturated carbocycles. The van der Waals surface area contributed by atoms with Crippen LogP contribution in [0.2, 0.25) is 0 Å². The van der Waals surface area contributed by atoms with Gasteiger partial charge in [-0.1, -0.05) is 24.3 Å². The second-order valence-corrected chi connectivity index (χ2v) is 8.14. The van der Waals surface area contributed by atoms with E-state index in [-0.39, 0.29) is 22.6 Å². The number of benzene rings is 2. The molecule has 0 spiro atoms. The minimum absolute atomic E-state index is 0.120. The number of amides is 2. The average molecular weight is 508 g/mol. The highest BCUT2D eigenvalue weighted by atomic mass is 19.1. The lowest BCUT2D eigenvalue weighted by Gasteiger charge is -2.35. The van der Waals surface area contributed by atoms with Crippen molar-refractivity contribution < 1.29 is 28.7 Å². The Balaban J connectivity index is 1.56. The second-order valence-electron chi connectivity index (χ2n) is 8.14. The molecule has 0 atom stereocenters. The largest absolute Gasteiger partial charge is 0.493 e. The number of ether oxygens (including phenoxy) is 2. The minimum atomic E-state index is -0.705. The summed E-state index contributed by atoms with van der Waals surface area (Å²) in [6.45, 7) is 1.61. The zero-order valence-corrected chi connectivity index (χ0v) is 20.3. The lowest BCUT2D eigenvalue weighted by molar-refractivity contribution is -0.125. The number of carbonyl (C=O) groups excluding carboxylic acids is 2. The first-order chi connectivity index (χ1) is 17.9. The quantitative estimate of drug-likeness (QED) is 0.217. The third-order valence-electron chi connectivity index (χ3n) is 5.96. The van der Waals surface area contributed by atoms with Gasteiger partial charge in [-0.25, -0.2) is 19.8 Å². The molecule has 192 valence electrons. The van der Waals surface area contributed by atoms with Crippen LogP contribution in [-0.4, -0.2) is 72.3 Å². The SMILES string of the molecule is COc1ccc(C=C(C(=O)N2CCN(c3ncc(C(=O)NO)cn3)CC2)c2ccccc2F)cc1OC. The number of piperazine rings is 1. The van der Waals surface area contributed by atoms with Crippen molar-refractivity contribution in [2.75, 3.05) is 45.3 Å². The van der Waals surface area contributed by atoms with Gasteiger partial charge < -0.3 is 19.3 Å². The van der Waals surface area contributed by atoms with E-state index in [9.17, 15) is 14.0 Å². The Hall–Kier alpha value is -4.51. The second kappa shape index (κ2) is 11.5. The molecule has 0 unspecified atom stereocenters. The first-order valence-electron chi connectivity index (χ1n) is 11.4. The molecule has 3 aromatic rings. The Morgan fingerprint density at radius 2 is 1.68 bits per heavy atom. The van der Waals surface area contributed by atoms with Crippen LogP contribution in [0.3, 0.4) is 0 Å². The zero-order valence-electron chi connectivity index (χ0n) is 20.3. The fraction of sp³-hybridized carbons (Fsp3) is 0.231. The summed E-state index contributed by atoms with van der Waals surface area (Å²) in [5.74, 6) is -0.0767. The molecule has 11 heteroatoms. The van der Waals surface area contributed by atoms with E-state index in [1.807, 2.05) is 4.90 Å². The van der Waals surface area contributed by atoms with Gasteiger partial charge in [-0.2, -0.15) is 0 Å². The van der Waals surface area contributed by atoms with E-state index >= 15 is 0 Å². The topological polar surface area (TPSA) is 117 Å². The summed E-state index contributed by atoms with van der Waals surface area (Å²) in [6, 6.07) is 11.4. The maximum atomic E-state index is 14.8. The molecule has 1 aliphatic rings. The van der Waals surface area contributed by atoms with Gasteiger partial charge in [-0.05, 0) is 29.8 Å². The third-order valence-corrected chi connectivity index (χ3v) is 5.96. The molecule has 1 saturated heterocycles. The first-order valence-corrected chi connectivity index (χ1v) is 11.4. The van der Waals surface area contributed by atoms with Crippen LogP contribution < -0.4 is 19.9 Å². The third kappa shape index (κ3) is 5.67. The van der Waals surface area contributed by atoms with Crippen molar-refractivity contribution >= 4 is 29.4 Å². The maximum Gasteiger partial charge on any atom is 0.277 e. The van der Waals surface area contributed by atoms with E-state index in [4.69, 9.17) is 14.7 Å². The molecule has 0 radical (unpaired) electrons. The van der Waals surface area contributed by atoms with Crippen molar-refractivity contribution in [3.63, 3.8) is 0 Å². The lowest BCUT2D eigenvalue weighted by atomic mass is 10.00. The zero-order chi connectivity index (χ0) is 26.4. The Labute approximate surface area is 212 Å². The van der Waals surface area contributed by atoms with Crippen LogP contribution in [-0.2, 0) is 4.79 Å². The summed E-state index contributed by atoms with van der Waals surface area (Å²) in [7, 11) is 3.05. The highest BCUT2D eigenvalue weighted by Crippen LogP contribution is 2.31. The van der Waals surface area contributed by atoms with Crippen molar-refractivity contribution in [3.05, 3.63) is 77.4 Å². The number of nitrogens with one attached hydrogen (secondary N) is 1. The summed E-state index contributed by atoms with van der Waals surface area (Å²) in [6.07, 6.45) is 4.27. The van der Waals surface area contributed by atoms with Gasteiger partial charge in [0, 0.05) is 44.1 Å². The van der Waals surface area contributed by atoms with E-state index in [2.05, 4.69) is 9.97 Å². The van der Waals surface area contributed by atoms with Crippen molar-refractivity contribution in [1.29, 1.82) is 0 Å². The number of aromatic nitrogens is 2. The predicted octanol–water partition coefficient (Wildman–Crippen LogP) is 2.64. The molecule has 0 bridgehead atoms. The molecule has 1 aliphatic heterocycles. The van der Waals surface area contributed by atoms with Gasteiger partial charge in [0.15, 0.2) is 11.5 Å². The lowest BCUT2D eigenvalue weighted by Crippen LogP contribution is -2.49. The van der Waals surface area contributed by atoms with Crippen molar-refractivity contribution in [1.82, 2.24) is 20.3 Å². The summed E-state index contributed by atoms with van der Waals surface area (Å²) in [4.78, 5) is 37.0. The number of methoxy groups -OCH3 is 2. The van der Waals surface area contributed by atoms with E-state index in [0.717, 1.165) is 0 Å². The van der Waals surface area contributed by atoms with Crippen LogP contribution in [0.15, 0.2) is 54.9 Å². The van der Waals surface area contributed by atoms with Gasteiger partial charge in [-0.15, -0.1) is 0 Å². The Morgan fingerprint density at radius 3 is 2.30 bits per heavy atom. The fourth-order valence-electron chi connectivity index (χ4n) is 3.99. The summed E-state index contributed by atoms with van der Waals surface area (Å²) < 4.78 is 25.5. The number of anilines is 1. The van der Waals surface area contributed by atoms with Crippen molar-refractivity contribution in [2.45, 2.75) is 0 Å². The van der Waals surface area contributed by atoms with Gasteiger partial charge in [0.05, 0.1) is 25.4 Å². The molecule has 1 aromatic heterocycles. The van der Waals surface area contributed by atoms with Gasteiger partial charge in [0.1, 0.15) is 5.82 Å².